The van der Waals surface area contributed by atoms with Crippen molar-refractivity contribution in [3.05, 3.63) is 28.4 Å². The molecule has 1 aromatic rings. The number of alkyl halides is 3. The van der Waals surface area contributed by atoms with Crippen LogP contribution in [0, 0.1) is 28.5 Å². The average molecular weight is 846 g/mol. The predicted molar refractivity (Wildman–Crippen MR) is 129 cm³/mol. The number of nitrogens with zero attached hydrogens (tertiary/aromatic N) is 1. The first-order valence-corrected chi connectivity index (χ1v) is 15.1. The number of carbonyl (C=O) groups is 1. The summed E-state index contributed by atoms with van der Waals surface area (Å²) < 4.78 is 101. The monoisotopic (exact) mass is 846 g/mol. The number of benzene rings is 1. The molecule has 2 saturated carbocycles. The van der Waals surface area contributed by atoms with Gasteiger partial charge in [0.15, 0.2) is 0 Å². The van der Waals surface area contributed by atoms with Crippen LogP contribution in [-0.4, -0.2) is 51.7 Å². The molecule has 33 heavy (non-hydrogen) atoms. The van der Waals surface area contributed by atoms with Crippen molar-refractivity contribution in [3.8, 4) is 0 Å². The Labute approximate surface area is 226 Å². The summed E-state index contributed by atoms with van der Waals surface area (Å²) in [4.78, 5) is 13.0. The van der Waals surface area contributed by atoms with Gasteiger partial charge in [-0.2, -0.15) is 34.4 Å². The minimum atomic E-state index is -6.14. The summed E-state index contributed by atoms with van der Waals surface area (Å²) in [5.41, 5.74) is -5.62. The van der Waals surface area contributed by atoms with Crippen LogP contribution in [0.25, 0.3) is 0 Å². The van der Waals surface area contributed by atoms with Gasteiger partial charge in [-0.05, 0) is 92.2 Å². The second kappa shape index (κ2) is 8.54. The normalized spacial score (nSPS) is 32.8. The standard InChI is InChI=1S/C16H11F3I3NO8S2/c17-16(18,19)33(28,29)23-14(24)8-4-3-5-11(8)31-32(26,27)13(5)12(4)30-15(25)9-6(20)1-2-7(21)10(9)22/h1-2,4-5,8,11-13H,3H2,(H,23,24)/p-1. The third-order valence-electron chi connectivity index (χ3n) is 5.81. The quantitative estimate of drug-likeness (QED) is 0.112. The van der Waals surface area contributed by atoms with E-state index in [1.807, 2.05) is 67.8 Å². The highest BCUT2D eigenvalue weighted by atomic mass is 127. The highest BCUT2D eigenvalue weighted by Crippen LogP contribution is 2.58. The smallest absolute Gasteiger partial charge is 0.518 e. The molecule has 0 spiro atoms. The molecule has 2 bridgehead atoms. The molecule has 1 aliphatic heterocycles. The lowest BCUT2D eigenvalue weighted by Crippen LogP contribution is -2.49. The van der Waals surface area contributed by atoms with Gasteiger partial charge >= 0.3 is 21.5 Å². The molecule has 4 rings (SSSR count). The van der Waals surface area contributed by atoms with Crippen LogP contribution < -0.4 is 5.11 Å². The lowest BCUT2D eigenvalue weighted by atomic mass is 9.84. The van der Waals surface area contributed by atoms with Crippen molar-refractivity contribution in [2.24, 2.45) is 22.2 Å². The minimum absolute atomic E-state index is 0.00892. The molecule has 6 unspecified atom stereocenters. The molecule has 2 aliphatic carbocycles. The highest BCUT2D eigenvalue weighted by Gasteiger charge is 2.70. The Morgan fingerprint density at radius 2 is 1.79 bits per heavy atom. The Morgan fingerprint density at radius 3 is 2.39 bits per heavy atom. The van der Waals surface area contributed by atoms with E-state index in [0.717, 1.165) is 3.57 Å². The summed E-state index contributed by atoms with van der Waals surface area (Å²) in [7, 11) is -10.5. The highest BCUT2D eigenvalue weighted by molar-refractivity contribution is 14.1. The predicted octanol–water partition coefficient (Wildman–Crippen LogP) is 2.00. The molecule has 1 aromatic carbocycles. The van der Waals surface area contributed by atoms with Crippen LogP contribution in [0.2, 0.25) is 0 Å². The molecule has 0 aromatic heterocycles. The molecule has 0 amide bonds. The second-order valence-corrected chi connectivity index (χ2v) is 14.3. The maximum atomic E-state index is 13.0. The Hall–Kier alpha value is -0.000000000000000111. The van der Waals surface area contributed by atoms with E-state index in [2.05, 4.69) is 4.40 Å². The van der Waals surface area contributed by atoms with Gasteiger partial charge < -0.3 is 9.84 Å². The molecule has 0 radical (unpaired) electrons. The van der Waals surface area contributed by atoms with Crippen molar-refractivity contribution in [2.45, 2.75) is 29.4 Å². The van der Waals surface area contributed by atoms with Crippen LogP contribution in [0.1, 0.15) is 16.8 Å². The fraction of sp³-hybridized carbons (Fsp3) is 0.500. The Kier molecular flexibility index (Phi) is 6.75. The van der Waals surface area contributed by atoms with Crippen molar-refractivity contribution >= 4 is 99.8 Å². The van der Waals surface area contributed by atoms with Gasteiger partial charge in [0.25, 0.3) is 10.1 Å². The number of rotatable bonds is 4. The molecule has 3 fully saturated rings. The first-order chi connectivity index (χ1) is 15.1. The van der Waals surface area contributed by atoms with Gasteiger partial charge in [-0.25, -0.2) is 4.79 Å². The molecule has 1 heterocycles. The number of carbonyl (C=O) groups excluding carboxylic acids is 1. The van der Waals surface area contributed by atoms with Gasteiger partial charge in [0.2, 0.25) is 0 Å². The zero-order valence-electron chi connectivity index (χ0n) is 15.6. The molecule has 1 saturated heterocycles. The maximum Gasteiger partial charge on any atom is 0.518 e. The SMILES string of the molecule is O=C(OC1C2CC3C(OS(=O)(=O)C31)C2/C([O-])=N/S(=O)(=O)C(F)(F)F)c1c(I)ccc(I)c1I. The van der Waals surface area contributed by atoms with Gasteiger partial charge in [0.05, 0.1) is 11.7 Å². The number of fused-ring (bicyclic) bond motifs is 1. The van der Waals surface area contributed by atoms with E-state index >= 15 is 0 Å². The molecule has 0 N–H and O–H groups in total. The van der Waals surface area contributed by atoms with Gasteiger partial charge in [-0.15, -0.1) is 0 Å². The number of esters is 1. The molecular formula is C16H10F3I3NO8S2-. The molecule has 182 valence electrons. The number of hydrogen-bond donors (Lipinski definition) is 0. The Morgan fingerprint density at radius 1 is 1.18 bits per heavy atom. The summed E-state index contributed by atoms with van der Waals surface area (Å²) >= 11 is 5.82. The summed E-state index contributed by atoms with van der Waals surface area (Å²) in [6.45, 7) is 0. The molecule has 3 aliphatic rings. The van der Waals surface area contributed by atoms with Crippen LogP contribution in [0.15, 0.2) is 16.5 Å². The molecule has 9 nitrogen and oxygen atoms in total. The third kappa shape index (κ3) is 4.28. The second-order valence-electron chi connectivity index (χ2n) is 7.55. The number of halogens is 6. The lowest BCUT2D eigenvalue weighted by molar-refractivity contribution is -0.228. The van der Waals surface area contributed by atoms with Crippen LogP contribution in [-0.2, 0) is 29.1 Å². The topological polar surface area (TPSA) is 139 Å². The van der Waals surface area contributed by atoms with Crippen LogP contribution in [0.5, 0.6) is 0 Å². The Balaban J connectivity index is 1.71. The van der Waals surface area contributed by atoms with E-state index in [9.17, 15) is 39.9 Å². The van der Waals surface area contributed by atoms with Gasteiger partial charge in [0, 0.05) is 28.5 Å². The van der Waals surface area contributed by atoms with E-state index in [-0.39, 0.29) is 12.0 Å². The first kappa shape index (κ1) is 26.1. The van der Waals surface area contributed by atoms with E-state index in [4.69, 9.17) is 8.92 Å². The zero-order chi connectivity index (χ0) is 24.7. The maximum absolute atomic E-state index is 13.0. The number of sulfonamides is 1. The van der Waals surface area contributed by atoms with E-state index < -0.39 is 72.7 Å². The third-order valence-corrected chi connectivity index (χ3v) is 12.5. The average Bonchev–Trinajstić information content (AvgIpc) is 3.25. The summed E-state index contributed by atoms with van der Waals surface area (Å²) in [6.07, 6.45) is -2.78. The van der Waals surface area contributed by atoms with Crippen molar-refractivity contribution < 1.29 is 48.8 Å². The van der Waals surface area contributed by atoms with Gasteiger partial charge in [-0.1, -0.05) is 0 Å². The lowest BCUT2D eigenvalue weighted by Gasteiger charge is -2.34. The van der Waals surface area contributed by atoms with Crippen LogP contribution in [0.4, 0.5) is 13.2 Å². The Bertz CT molecular complexity index is 1280. The minimum Gasteiger partial charge on any atom is -0.861 e. The largest absolute Gasteiger partial charge is 0.861 e. The van der Waals surface area contributed by atoms with E-state index in [1.54, 1.807) is 12.1 Å². The molecule has 17 heteroatoms. The van der Waals surface area contributed by atoms with Gasteiger partial charge in [-0.3, -0.25) is 4.18 Å². The molecule has 6 atom stereocenters. The van der Waals surface area contributed by atoms with Crippen LogP contribution in [0.3, 0.4) is 0 Å². The zero-order valence-corrected chi connectivity index (χ0v) is 23.7. The summed E-state index contributed by atoms with van der Waals surface area (Å²) in [6, 6.07) is 3.41. The van der Waals surface area contributed by atoms with E-state index in [0.29, 0.717) is 7.14 Å². The summed E-state index contributed by atoms with van der Waals surface area (Å²) in [5.74, 6) is -6.08. The molecular weight excluding hydrogens is 836 g/mol. The van der Waals surface area contributed by atoms with Crippen molar-refractivity contribution in [3.63, 3.8) is 0 Å². The van der Waals surface area contributed by atoms with Crippen LogP contribution >= 0.6 is 67.8 Å². The van der Waals surface area contributed by atoms with Crippen molar-refractivity contribution in [1.29, 1.82) is 0 Å². The van der Waals surface area contributed by atoms with Crippen molar-refractivity contribution in [1.82, 2.24) is 0 Å². The fourth-order valence-electron chi connectivity index (χ4n) is 4.59. The first-order valence-electron chi connectivity index (χ1n) is 8.91. The van der Waals surface area contributed by atoms with E-state index in [1.165, 1.54) is 0 Å². The number of ether oxygens (including phenoxy) is 1. The fourth-order valence-corrected chi connectivity index (χ4v) is 9.35. The summed E-state index contributed by atoms with van der Waals surface area (Å²) in [5, 5.41) is 11.2. The van der Waals surface area contributed by atoms with Gasteiger partial charge in [0.1, 0.15) is 11.4 Å². The van der Waals surface area contributed by atoms with Crippen molar-refractivity contribution in [2.75, 3.05) is 0 Å². The number of hydrogen-bond acceptors (Lipinski definition) is 8.